The topological polar surface area (TPSA) is 83.1 Å². The molecule has 0 unspecified atom stereocenters. The average Bonchev–Trinajstić information content (AvgIpc) is 3.10. The van der Waals surface area contributed by atoms with Crippen LogP contribution in [-0.4, -0.2) is 16.9 Å². The fourth-order valence-corrected chi connectivity index (χ4v) is 3.36. The Labute approximate surface area is 168 Å². The number of thiazole rings is 1. The van der Waals surface area contributed by atoms with Crippen LogP contribution in [0.25, 0.3) is 0 Å². The Morgan fingerprint density at radius 2 is 1.75 bits per heavy atom. The van der Waals surface area contributed by atoms with Crippen LogP contribution < -0.4 is 16.0 Å². The van der Waals surface area contributed by atoms with Crippen molar-refractivity contribution in [1.82, 2.24) is 4.98 Å². The average molecular weight is 395 g/mol. The second kappa shape index (κ2) is 9.14. The van der Waals surface area contributed by atoms with E-state index in [0.29, 0.717) is 16.5 Å². The highest BCUT2D eigenvalue weighted by Gasteiger charge is 2.11. The predicted molar refractivity (Wildman–Crippen MR) is 114 cm³/mol. The van der Waals surface area contributed by atoms with Crippen molar-refractivity contribution in [3.8, 4) is 0 Å². The maximum absolute atomic E-state index is 12.3. The van der Waals surface area contributed by atoms with Gasteiger partial charge >= 0.3 is 6.03 Å². The quantitative estimate of drug-likeness (QED) is 0.559. The molecular weight excluding hydrogens is 372 g/mol. The second-order valence-corrected chi connectivity index (χ2v) is 7.18. The van der Waals surface area contributed by atoms with Crippen LogP contribution in [0.5, 0.6) is 0 Å². The fourth-order valence-electron chi connectivity index (χ4n) is 2.65. The molecule has 3 N–H and O–H groups in total. The predicted octanol–water partition coefficient (Wildman–Crippen LogP) is 4.84. The molecule has 0 radical (unpaired) electrons. The van der Waals surface area contributed by atoms with Gasteiger partial charge < -0.3 is 10.6 Å². The van der Waals surface area contributed by atoms with Crippen molar-refractivity contribution in [3.63, 3.8) is 0 Å². The Balaban J connectivity index is 1.54. The number of benzene rings is 2. The van der Waals surface area contributed by atoms with Gasteiger partial charge in [-0.05, 0) is 37.1 Å². The van der Waals surface area contributed by atoms with E-state index in [-0.39, 0.29) is 18.4 Å². The molecule has 0 spiro atoms. The van der Waals surface area contributed by atoms with Crippen LogP contribution in [0.1, 0.15) is 23.7 Å². The number of nitrogens with one attached hydrogen (secondary N) is 3. The molecule has 0 aliphatic rings. The fraction of sp³-hybridized carbons (Fsp3) is 0.190. The van der Waals surface area contributed by atoms with Crippen LogP contribution in [0, 0.1) is 6.92 Å². The Kier molecular flexibility index (Phi) is 6.39. The summed E-state index contributed by atoms with van der Waals surface area (Å²) in [6, 6.07) is 14.9. The first-order chi connectivity index (χ1) is 13.5. The highest BCUT2D eigenvalue weighted by molar-refractivity contribution is 7.14. The van der Waals surface area contributed by atoms with E-state index in [1.54, 1.807) is 5.38 Å². The number of urea groups is 1. The molecule has 1 aromatic heterocycles. The molecule has 3 aromatic rings. The zero-order chi connectivity index (χ0) is 19.9. The van der Waals surface area contributed by atoms with Gasteiger partial charge in [0.15, 0.2) is 5.13 Å². The molecule has 144 valence electrons. The van der Waals surface area contributed by atoms with E-state index in [9.17, 15) is 9.59 Å². The first kappa shape index (κ1) is 19.6. The molecular formula is C21H22N4O2S. The lowest BCUT2D eigenvalue weighted by Gasteiger charge is -2.08. The third kappa shape index (κ3) is 5.40. The molecule has 6 nitrogen and oxygen atoms in total. The number of carbonyl (C=O) groups is 2. The highest BCUT2D eigenvalue weighted by atomic mass is 32.1. The monoisotopic (exact) mass is 394 g/mol. The van der Waals surface area contributed by atoms with Crippen molar-refractivity contribution >= 4 is 39.8 Å². The molecule has 0 bridgehead atoms. The summed E-state index contributed by atoms with van der Waals surface area (Å²) in [6.45, 7) is 4.03. The molecule has 0 fully saturated rings. The number of rotatable bonds is 6. The molecule has 2 aromatic carbocycles. The third-order valence-electron chi connectivity index (χ3n) is 4.10. The van der Waals surface area contributed by atoms with E-state index in [2.05, 4.69) is 20.9 Å². The Hall–Kier alpha value is -3.19. The summed E-state index contributed by atoms with van der Waals surface area (Å²) in [6.07, 6.45) is 0.993. The number of amides is 3. The van der Waals surface area contributed by atoms with Gasteiger partial charge in [0.2, 0.25) is 5.91 Å². The molecule has 3 rings (SSSR count). The van der Waals surface area contributed by atoms with Crippen LogP contribution >= 0.6 is 11.3 Å². The van der Waals surface area contributed by atoms with Crippen molar-refractivity contribution in [2.75, 3.05) is 16.0 Å². The van der Waals surface area contributed by atoms with Crippen molar-refractivity contribution in [1.29, 1.82) is 0 Å². The summed E-state index contributed by atoms with van der Waals surface area (Å²) >= 11 is 1.28. The van der Waals surface area contributed by atoms with Gasteiger partial charge in [0.05, 0.1) is 12.1 Å². The van der Waals surface area contributed by atoms with E-state index in [0.717, 1.165) is 23.2 Å². The van der Waals surface area contributed by atoms with Crippen molar-refractivity contribution in [3.05, 3.63) is 70.7 Å². The van der Waals surface area contributed by atoms with Gasteiger partial charge in [-0.15, -0.1) is 11.3 Å². The maximum atomic E-state index is 12.3. The van der Waals surface area contributed by atoms with Gasteiger partial charge in [-0.1, -0.05) is 42.8 Å². The van der Waals surface area contributed by atoms with Gasteiger partial charge in [0, 0.05) is 16.8 Å². The number of aromatic nitrogens is 1. The summed E-state index contributed by atoms with van der Waals surface area (Å²) < 4.78 is 0. The van der Waals surface area contributed by atoms with E-state index in [1.807, 2.05) is 62.4 Å². The lowest BCUT2D eigenvalue weighted by atomic mass is 10.1. The number of aryl methyl sites for hydroxylation is 2. The normalized spacial score (nSPS) is 10.4. The lowest BCUT2D eigenvalue weighted by molar-refractivity contribution is -0.115. The summed E-state index contributed by atoms with van der Waals surface area (Å²) in [7, 11) is 0. The summed E-state index contributed by atoms with van der Waals surface area (Å²) in [5, 5.41) is 10.6. The van der Waals surface area contributed by atoms with E-state index < -0.39 is 0 Å². The number of hydrogen-bond donors (Lipinski definition) is 3. The molecule has 0 atom stereocenters. The number of carbonyl (C=O) groups excluding carboxylic acids is 2. The molecule has 1 heterocycles. The summed E-state index contributed by atoms with van der Waals surface area (Å²) in [5.74, 6) is -0.137. The number of hydrogen-bond acceptors (Lipinski definition) is 4. The highest BCUT2D eigenvalue weighted by Crippen LogP contribution is 2.19. The standard InChI is InChI=1S/C21H22N4O2S/c1-3-15-6-4-5-7-18(15)24-19(26)12-17-13-28-21(23-17)25-20(27)22-16-10-8-14(2)9-11-16/h4-11,13H,3,12H2,1-2H3,(H,24,26)(H2,22,23,25,27). The van der Waals surface area contributed by atoms with E-state index in [1.165, 1.54) is 11.3 Å². The Morgan fingerprint density at radius 1 is 1.00 bits per heavy atom. The maximum Gasteiger partial charge on any atom is 0.325 e. The van der Waals surface area contributed by atoms with Gasteiger partial charge in [0.25, 0.3) is 0 Å². The van der Waals surface area contributed by atoms with Gasteiger partial charge in [-0.2, -0.15) is 0 Å². The minimum absolute atomic E-state index is 0.137. The van der Waals surface area contributed by atoms with Gasteiger partial charge in [-0.3, -0.25) is 10.1 Å². The third-order valence-corrected chi connectivity index (χ3v) is 4.90. The van der Waals surface area contributed by atoms with Crippen LogP contribution in [-0.2, 0) is 17.6 Å². The zero-order valence-electron chi connectivity index (χ0n) is 15.8. The van der Waals surface area contributed by atoms with Crippen LogP contribution in [0.15, 0.2) is 53.9 Å². The van der Waals surface area contributed by atoms with Gasteiger partial charge in [0.1, 0.15) is 0 Å². The van der Waals surface area contributed by atoms with Crippen LogP contribution in [0.2, 0.25) is 0 Å². The Bertz CT molecular complexity index is 967. The molecule has 0 saturated carbocycles. The minimum atomic E-state index is -0.369. The smallest absolute Gasteiger partial charge is 0.325 e. The van der Waals surface area contributed by atoms with Crippen molar-refractivity contribution in [2.45, 2.75) is 26.7 Å². The number of anilines is 3. The number of para-hydroxylation sites is 1. The largest absolute Gasteiger partial charge is 0.325 e. The first-order valence-corrected chi connectivity index (χ1v) is 9.88. The first-order valence-electron chi connectivity index (χ1n) is 9.00. The lowest BCUT2D eigenvalue weighted by Crippen LogP contribution is -2.19. The molecule has 0 saturated heterocycles. The van der Waals surface area contributed by atoms with Gasteiger partial charge in [-0.25, -0.2) is 9.78 Å². The molecule has 3 amide bonds. The molecule has 28 heavy (non-hydrogen) atoms. The zero-order valence-corrected chi connectivity index (χ0v) is 16.6. The van der Waals surface area contributed by atoms with E-state index in [4.69, 9.17) is 0 Å². The van der Waals surface area contributed by atoms with Crippen molar-refractivity contribution < 1.29 is 9.59 Å². The van der Waals surface area contributed by atoms with Crippen molar-refractivity contribution in [2.24, 2.45) is 0 Å². The summed E-state index contributed by atoms with van der Waals surface area (Å²) in [5.41, 5.74) is 4.34. The Morgan fingerprint density at radius 3 is 2.50 bits per heavy atom. The number of nitrogens with zero attached hydrogens (tertiary/aromatic N) is 1. The molecule has 0 aliphatic carbocycles. The van der Waals surface area contributed by atoms with Crippen LogP contribution in [0.4, 0.5) is 21.3 Å². The molecule has 7 heteroatoms. The minimum Gasteiger partial charge on any atom is -0.325 e. The molecule has 0 aliphatic heterocycles. The SMILES string of the molecule is CCc1ccccc1NC(=O)Cc1csc(NC(=O)Nc2ccc(C)cc2)n1. The van der Waals surface area contributed by atoms with Crippen LogP contribution in [0.3, 0.4) is 0 Å². The van der Waals surface area contributed by atoms with E-state index >= 15 is 0 Å². The summed E-state index contributed by atoms with van der Waals surface area (Å²) in [4.78, 5) is 28.7. The second-order valence-electron chi connectivity index (χ2n) is 6.32.